The van der Waals surface area contributed by atoms with Crippen LogP contribution in [0.25, 0.3) is 0 Å². The Morgan fingerprint density at radius 3 is 1.68 bits per heavy atom. The van der Waals surface area contributed by atoms with E-state index in [1.165, 1.54) is 38.5 Å². The third-order valence-electron chi connectivity index (χ3n) is 5.20. The summed E-state index contributed by atoms with van der Waals surface area (Å²) in [5.74, 6) is 1.82. The van der Waals surface area contributed by atoms with Gasteiger partial charge in [-0.2, -0.15) is 0 Å². The summed E-state index contributed by atoms with van der Waals surface area (Å²) in [4.78, 5) is 0. The molecular formula is C18H35N. The molecule has 0 radical (unpaired) electrons. The first-order valence-electron chi connectivity index (χ1n) is 8.41. The van der Waals surface area contributed by atoms with Gasteiger partial charge in [0, 0.05) is 12.1 Å². The topological polar surface area (TPSA) is 12.0 Å². The third kappa shape index (κ3) is 4.48. The Hall–Kier alpha value is -0.0400. The van der Waals surface area contributed by atoms with Crippen molar-refractivity contribution in [2.45, 2.75) is 92.2 Å². The summed E-state index contributed by atoms with van der Waals surface area (Å²) in [5.41, 5.74) is 1.01. The zero-order chi connectivity index (χ0) is 14.3. The van der Waals surface area contributed by atoms with Gasteiger partial charge >= 0.3 is 0 Å². The summed E-state index contributed by atoms with van der Waals surface area (Å²) in [6, 6.07) is 1.51. The smallest absolute Gasteiger partial charge is 0.00798 e. The maximum atomic E-state index is 4.03. The summed E-state index contributed by atoms with van der Waals surface area (Å²) in [5, 5.41) is 4.03. The molecule has 0 bridgehead atoms. The highest BCUT2D eigenvalue weighted by atomic mass is 15.0. The van der Waals surface area contributed by atoms with Crippen LogP contribution in [0.3, 0.4) is 0 Å². The molecule has 0 heterocycles. The molecule has 2 aliphatic carbocycles. The van der Waals surface area contributed by atoms with Gasteiger partial charge in [0.1, 0.15) is 0 Å². The van der Waals surface area contributed by atoms with Crippen molar-refractivity contribution in [2.24, 2.45) is 22.7 Å². The van der Waals surface area contributed by atoms with Crippen LogP contribution in [0.5, 0.6) is 0 Å². The Bertz CT molecular complexity index is 279. The van der Waals surface area contributed by atoms with E-state index in [1.807, 2.05) is 0 Å². The van der Waals surface area contributed by atoms with E-state index in [2.05, 4.69) is 46.9 Å². The van der Waals surface area contributed by atoms with Gasteiger partial charge in [0.25, 0.3) is 0 Å². The molecule has 0 aliphatic heterocycles. The SMILES string of the molecule is CC1CC(C)CC(NC2CC(C)(C)CC(C)(C)C2)C1. The molecule has 19 heavy (non-hydrogen) atoms. The fourth-order valence-corrected chi connectivity index (χ4v) is 5.38. The number of nitrogens with one attached hydrogen (secondary N) is 1. The zero-order valence-corrected chi connectivity index (χ0v) is 14.1. The minimum atomic E-state index is 0.505. The molecule has 2 unspecified atom stereocenters. The van der Waals surface area contributed by atoms with Crippen LogP contribution >= 0.6 is 0 Å². The second-order valence-electron chi connectivity index (χ2n) is 9.39. The second kappa shape index (κ2) is 5.39. The summed E-state index contributed by atoms with van der Waals surface area (Å²) in [6.45, 7) is 14.7. The predicted octanol–water partition coefficient (Wildman–Crippen LogP) is 5.01. The van der Waals surface area contributed by atoms with Gasteiger partial charge < -0.3 is 5.32 Å². The zero-order valence-electron chi connectivity index (χ0n) is 14.1. The van der Waals surface area contributed by atoms with Gasteiger partial charge in [0.2, 0.25) is 0 Å². The van der Waals surface area contributed by atoms with Crippen molar-refractivity contribution in [3.8, 4) is 0 Å². The van der Waals surface area contributed by atoms with Gasteiger partial charge in [0.15, 0.2) is 0 Å². The summed E-state index contributed by atoms with van der Waals surface area (Å²) in [7, 11) is 0. The second-order valence-corrected chi connectivity index (χ2v) is 9.39. The lowest BCUT2D eigenvalue weighted by Gasteiger charge is -2.47. The number of hydrogen-bond donors (Lipinski definition) is 1. The first-order chi connectivity index (χ1) is 8.65. The highest BCUT2D eigenvalue weighted by Gasteiger charge is 2.39. The summed E-state index contributed by atoms with van der Waals surface area (Å²) >= 11 is 0. The standard InChI is InChI=1S/C18H35N/c1-13-7-14(2)9-15(8-13)19-16-10-17(3,4)12-18(5,6)11-16/h13-16,19H,7-12H2,1-6H3. The monoisotopic (exact) mass is 265 g/mol. The van der Waals surface area contributed by atoms with E-state index in [9.17, 15) is 0 Å². The molecule has 2 atom stereocenters. The van der Waals surface area contributed by atoms with Gasteiger partial charge in [-0.1, -0.05) is 41.5 Å². The van der Waals surface area contributed by atoms with Gasteiger partial charge in [-0.3, -0.25) is 0 Å². The Morgan fingerprint density at radius 2 is 1.21 bits per heavy atom. The fourth-order valence-electron chi connectivity index (χ4n) is 5.38. The minimum Gasteiger partial charge on any atom is -0.311 e. The molecule has 0 amide bonds. The van der Waals surface area contributed by atoms with Gasteiger partial charge in [-0.05, 0) is 61.2 Å². The van der Waals surface area contributed by atoms with Crippen LogP contribution in [-0.2, 0) is 0 Å². The Morgan fingerprint density at radius 1 is 0.737 bits per heavy atom. The molecule has 1 heteroatoms. The normalized spacial score (nSPS) is 39.2. The summed E-state index contributed by atoms with van der Waals surface area (Å²) in [6.07, 6.45) is 8.30. The summed E-state index contributed by atoms with van der Waals surface area (Å²) < 4.78 is 0. The van der Waals surface area contributed by atoms with Crippen molar-refractivity contribution < 1.29 is 0 Å². The van der Waals surface area contributed by atoms with E-state index in [0.29, 0.717) is 10.8 Å². The maximum absolute atomic E-state index is 4.03. The van der Waals surface area contributed by atoms with E-state index in [4.69, 9.17) is 0 Å². The van der Waals surface area contributed by atoms with E-state index < -0.39 is 0 Å². The lowest BCUT2D eigenvalue weighted by Crippen LogP contribution is -2.49. The van der Waals surface area contributed by atoms with Crippen molar-refractivity contribution in [1.29, 1.82) is 0 Å². The lowest BCUT2D eigenvalue weighted by molar-refractivity contribution is 0.0732. The molecule has 2 aliphatic rings. The van der Waals surface area contributed by atoms with Crippen molar-refractivity contribution in [2.75, 3.05) is 0 Å². The lowest BCUT2D eigenvalue weighted by atomic mass is 9.63. The minimum absolute atomic E-state index is 0.505. The van der Waals surface area contributed by atoms with Gasteiger partial charge in [-0.25, -0.2) is 0 Å². The average molecular weight is 265 g/mol. The first-order valence-corrected chi connectivity index (χ1v) is 8.41. The number of rotatable bonds is 2. The quantitative estimate of drug-likeness (QED) is 0.740. The van der Waals surface area contributed by atoms with Crippen LogP contribution < -0.4 is 5.32 Å². The molecule has 0 aromatic carbocycles. The Kier molecular flexibility index (Phi) is 4.35. The molecular weight excluding hydrogens is 230 g/mol. The third-order valence-corrected chi connectivity index (χ3v) is 5.20. The van der Waals surface area contributed by atoms with E-state index >= 15 is 0 Å². The van der Waals surface area contributed by atoms with Crippen LogP contribution in [0.1, 0.15) is 80.1 Å². The molecule has 0 aromatic heterocycles. The van der Waals surface area contributed by atoms with Gasteiger partial charge in [-0.15, -0.1) is 0 Å². The Labute approximate surface area is 120 Å². The molecule has 0 aromatic rings. The molecule has 2 rings (SSSR count). The molecule has 1 nitrogen and oxygen atoms in total. The Balaban J connectivity index is 1.94. The van der Waals surface area contributed by atoms with E-state index in [-0.39, 0.29) is 0 Å². The van der Waals surface area contributed by atoms with Crippen LogP contribution in [0.2, 0.25) is 0 Å². The van der Waals surface area contributed by atoms with Crippen LogP contribution in [0.15, 0.2) is 0 Å². The molecule has 1 N–H and O–H groups in total. The van der Waals surface area contributed by atoms with E-state index in [0.717, 1.165) is 23.9 Å². The van der Waals surface area contributed by atoms with Crippen LogP contribution in [-0.4, -0.2) is 12.1 Å². The highest BCUT2D eigenvalue weighted by Crippen LogP contribution is 2.46. The predicted molar refractivity (Wildman–Crippen MR) is 84.3 cm³/mol. The molecule has 0 saturated heterocycles. The van der Waals surface area contributed by atoms with Crippen LogP contribution in [0, 0.1) is 22.7 Å². The molecule has 2 fully saturated rings. The first kappa shape index (κ1) is 15.4. The molecule has 112 valence electrons. The van der Waals surface area contributed by atoms with Crippen molar-refractivity contribution >= 4 is 0 Å². The van der Waals surface area contributed by atoms with Crippen molar-refractivity contribution in [3.63, 3.8) is 0 Å². The van der Waals surface area contributed by atoms with Crippen molar-refractivity contribution in [1.82, 2.24) is 5.32 Å². The maximum Gasteiger partial charge on any atom is 0.00798 e. The van der Waals surface area contributed by atoms with Crippen LogP contribution in [0.4, 0.5) is 0 Å². The highest BCUT2D eigenvalue weighted by molar-refractivity contribution is 4.94. The molecule has 0 spiro atoms. The van der Waals surface area contributed by atoms with Gasteiger partial charge in [0.05, 0.1) is 0 Å². The average Bonchev–Trinajstić information content (AvgIpc) is 2.08. The van der Waals surface area contributed by atoms with Crippen molar-refractivity contribution in [3.05, 3.63) is 0 Å². The molecule has 2 saturated carbocycles. The number of hydrogen-bond acceptors (Lipinski definition) is 1. The largest absolute Gasteiger partial charge is 0.311 e. The van der Waals surface area contributed by atoms with E-state index in [1.54, 1.807) is 0 Å². The fraction of sp³-hybridized carbons (Fsp3) is 1.00.